The highest BCUT2D eigenvalue weighted by atomic mass is 79.9. The molecule has 0 saturated heterocycles. The first-order chi connectivity index (χ1) is 6.24. The molecule has 0 aliphatic heterocycles. The van der Waals surface area contributed by atoms with Crippen molar-refractivity contribution < 1.29 is 5.11 Å². The molecule has 1 N–H and O–H groups in total. The van der Waals surface area contributed by atoms with Gasteiger partial charge in [-0.05, 0) is 50.8 Å². The van der Waals surface area contributed by atoms with Gasteiger partial charge in [0.15, 0.2) is 0 Å². The number of aliphatic hydroxyl groups excluding tert-OH is 1. The quantitative estimate of drug-likeness (QED) is 0.829. The van der Waals surface area contributed by atoms with Gasteiger partial charge in [-0.15, -0.1) is 11.3 Å². The van der Waals surface area contributed by atoms with Crippen molar-refractivity contribution in [3.05, 3.63) is 33.1 Å². The number of halogens is 1. The lowest BCUT2D eigenvalue weighted by atomic mass is 10.1. The van der Waals surface area contributed by atoms with Gasteiger partial charge >= 0.3 is 0 Å². The molecule has 0 aliphatic rings. The van der Waals surface area contributed by atoms with Gasteiger partial charge in [0.05, 0.1) is 6.61 Å². The van der Waals surface area contributed by atoms with E-state index in [1.54, 1.807) is 11.3 Å². The molecule has 0 atom stereocenters. The van der Waals surface area contributed by atoms with Gasteiger partial charge in [-0.1, -0.05) is 6.07 Å². The second kappa shape index (κ2) is 3.40. The third-order valence-electron chi connectivity index (χ3n) is 2.12. The van der Waals surface area contributed by atoms with Gasteiger partial charge < -0.3 is 5.11 Å². The van der Waals surface area contributed by atoms with Crippen molar-refractivity contribution in [1.82, 2.24) is 0 Å². The Labute approximate surface area is 89.1 Å². The molecule has 0 fully saturated rings. The van der Waals surface area contributed by atoms with Crippen LogP contribution in [0.2, 0.25) is 0 Å². The smallest absolute Gasteiger partial charge is 0.0688 e. The minimum Gasteiger partial charge on any atom is -0.392 e. The number of aliphatic hydroxyl groups is 1. The molecule has 13 heavy (non-hydrogen) atoms. The average molecular weight is 257 g/mol. The SMILES string of the molecule is Cc1cc(CO)c2ccsc2c1Br. The van der Waals surface area contributed by atoms with Crippen molar-refractivity contribution in [2.45, 2.75) is 13.5 Å². The van der Waals surface area contributed by atoms with Crippen molar-refractivity contribution in [3.63, 3.8) is 0 Å². The molecular weight excluding hydrogens is 248 g/mol. The van der Waals surface area contributed by atoms with Gasteiger partial charge in [0, 0.05) is 9.17 Å². The van der Waals surface area contributed by atoms with Crippen LogP contribution >= 0.6 is 27.3 Å². The number of hydrogen-bond donors (Lipinski definition) is 1. The molecule has 2 aromatic rings. The van der Waals surface area contributed by atoms with Crippen LogP contribution in [0.25, 0.3) is 10.1 Å². The fourth-order valence-electron chi connectivity index (χ4n) is 1.44. The molecule has 0 radical (unpaired) electrons. The van der Waals surface area contributed by atoms with Crippen molar-refractivity contribution in [2.75, 3.05) is 0 Å². The topological polar surface area (TPSA) is 20.2 Å². The van der Waals surface area contributed by atoms with Gasteiger partial charge in [-0.25, -0.2) is 0 Å². The summed E-state index contributed by atoms with van der Waals surface area (Å²) in [5.74, 6) is 0. The van der Waals surface area contributed by atoms with Crippen LogP contribution in [-0.2, 0) is 6.61 Å². The van der Waals surface area contributed by atoms with Crippen LogP contribution in [0, 0.1) is 6.92 Å². The van der Waals surface area contributed by atoms with Gasteiger partial charge in [-0.2, -0.15) is 0 Å². The molecule has 0 aliphatic carbocycles. The molecule has 2 rings (SSSR count). The van der Waals surface area contributed by atoms with E-state index in [2.05, 4.69) is 22.0 Å². The van der Waals surface area contributed by atoms with E-state index in [0.29, 0.717) is 0 Å². The lowest BCUT2D eigenvalue weighted by Gasteiger charge is -2.04. The predicted octanol–water partition coefficient (Wildman–Crippen LogP) is 3.46. The van der Waals surface area contributed by atoms with Crippen molar-refractivity contribution in [3.8, 4) is 0 Å². The first-order valence-electron chi connectivity index (χ1n) is 4.00. The van der Waals surface area contributed by atoms with Crippen molar-refractivity contribution in [2.24, 2.45) is 0 Å². The Morgan fingerprint density at radius 2 is 2.31 bits per heavy atom. The number of fused-ring (bicyclic) bond motifs is 1. The van der Waals surface area contributed by atoms with E-state index >= 15 is 0 Å². The summed E-state index contributed by atoms with van der Waals surface area (Å²) in [6.45, 7) is 2.16. The summed E-state index contributed by atoms with van der Waals surface area (Å²) in [6, 6.07) is 4.08. The van der Waals surface area contributed by atoms with Crippen LogP contribution in [0.1, 0.15) is 11.1 Å². The van der Waals surface area contributed by atoms with E-state index in [1.807, 2.05) is 18.4 Å². The summed E-state index contributed by atoms with van der Waals surface area (Å²) >= 11 is 5.25. The summed E-state index contributed by atoms with van der Waals surface area (Å²) in [5, 5.41) is 12.4. The largest absolute Gasteiger partial charge is 0.392 e. The Balaban J connectivity index is 2.87. The van der Waals surface area contributed by atoms with Crippen molar-refractivity contribution in [1.29, 1.82) is 0 Å². The third kappa shape index (κ3) is 1.41. The van der Waals surface area contributed by atoms with Crippen LogP contribution in [0.5, 0.6) is 0 Å². The third-order valence-corrected chi connectivity index (χ3v) is 4.33. The van der Waals surface area contributed by atoms with Crippen LogP contribution in [0.3, 0.4) is 0 Å². The van der Waals surface area contributed by atoms with E-state index in [9.17, 15) is 0 Å². The molecule has 1 heterocycles. The maximum absolute atomic E-state index is 9.16. The van der Waals surface area contributed by atoms with Crippen LogP contribution in [0.15, 0.2) is 22.0 Å². The molecule has 0 saturated carbocycles. The van der Waals surface area contributed by atoms with E-state index in [0.717, 1.165) is 15.4 Å². The number of hydrogen-bond acceptors (Lipinski definition) is 2. The maximum Gasteiger partial charge on any atom is 0.0688 e. The standard InChI is InChI=1S/C10H9BrOS/c1-6-4-7(5-12)8-2-3-13-10(8)9(6)11/h2-4,12H,5H2,1H3. The first kappa shape index (κ1) is 9.19. The van der Waals surface area contributed by atoms with E-state index in [1.165, 1.54) is 10.3 Å². The Bertz CT molecular complexity index is 447. The molecule has 1 aromatic heterocycles. The lowest BCUT2D eigenvalue weighted by Crippen LogP contribution is -1.86. The molecule has 0 bridgehead atoms. The summed E-state index contributed by atoms with van der Waals surface area (Å²) < 4.78 is 2.37. The maximum atomic E-state index is 9.16. The molecule has 3 heteroatoms. The van der Waals surface area contributed by atoms with E-state index < -0.39 is 0 Å². The number of benzene rings is 1. The number of thiophene rings is 1. The van der Waals surface area contributed by atoms with Crippen LogP contribution in [0.4, 0.5) is 0 Å². The fraction of sp³-hybridized carbons (Fsp3) is 0.200. The monoisotopic (exact) mass is 256 g/mol. The summed E-state index contributed by atoms with van der Waals surface area (Å²) in [5.41, 5.74) is 2.19. The minimum absolute atomic E-state index is 0.112. The second-order valence-electron chi connectivity index (χ2n) is 2.99. The van der Waals surface area contributed by atoms with E-state index in [-0.39, 0.29) is 6.61 Å². The second-order valence-corrected chi connectivity index (χ2v) is 4.70. The summed E-state index contributed by atoms with van der Waals surface area (Å²) in [7, 11) is 0. The Hall–Kier alpha value is -0.380. The highest BCUT2D eigenvalue weighted by molar-refractivity contribution is 9.10. The zero-order chi connectivity index (χ0) is 9.42. The lowest BCUT2D eigenvalue weighted by molar-refractivity contribution is 0.283. The average Bonchev–Trinajstić information content (AvgIpc) is 2.60. The normalized spacial score (nSPS) is 11.0. The molecule has 1 nitrogen and oxygen atoms in total. The van der Waals surface area contributed by atoms with Gasteiger partial charge in [0.25, 0.3) is 0 Å². The zero-order valence-corrected chi connectivity index (χ0v) is 9.58. The van der Waals surface area contributed by atoms with Gasteiger partial charge in [0.2, 0.25) is 0 Å². The van der Waals surface area contributed by atoms with E-state index in [4.69, 9.17) is 5.11 Å². The first-order valence-corrected chi connectivity index (χ1v) is 5.67. The highest BCUT2D eigenvalue weighted by Gasteiger charge is 2.07. The molecule has 68 valence electrons. The molecule has 0 unspecified atom stereocenters. The van der Waals surface area contributed by atoms with Crippen LogP contribution < -0.4 is 0 Å². The molecule has 0 amide bonds. The predicted molar refractivity (Wildman–Crippen MR) is 60.2 cm³/mol. The molecule has 0 spiro atoms. The molecular formula is C10H9BrOS. The Kier molecular flexibility index (Phi) is 2.41. The fourth-order valence-corrected chi connectivity index (χ4v) is 2.98. The Morgan fingerprint density at radius 1 is 1.54 bits per heavy atom. The van der Waals surface area contributed by atoms with Gasteiger partial charge in [-0.3, -0.25) is 0 Å². The van der Waals surface area contributed by atoms with Crippen LogP contribution in [-0.4, -0.2) is 5.11 Å². The number of rotatable bonds is 1. The number of aryl methyl sites for hydroxylation is 1. The zero-order valence-electron chi connectivity index (χ0n) is 7.17. The van der Waals surface area contributed by atoms with Crippen molar-refractivity contribution >= 4 is 37.4 Å². The summed E-state index contributed by atoms with van der Waals surface area (Å²) in [6.07, 6.45) is 0. The Morgan fingerprint density at radius 3 is 3.00 bits per heavy atom. The minimum atomic E-state index is 0.112. The summed E-state index contributed by atoms with van der Waals surface area (Å²) in [4.78, 5) is 0. The van der Waals surface area contributed by atoms with Gasteiger partial charge in [0.1, 0.15) is 0 Å². The highest BCUT2D eigenvalue weighted by Crippen LogP contribution is 2.34. The molecule has 1 aromatic carbocycles.